The molecule has 1 amide bonds. The predicted molar refractivity (Wildman–Crippen MR) is 99.1 cm³/mol. The van der Waals surface area contributed by atoms with E-state index in [0.29, 0.717) is 10.8 Å². The maximum Gasteiger partial charge on any atom is 0.322 e. The number of nitrogens with zero attached hydrogens (tertiary/aromatic N) is 3. The Morgan fingerprint density at radius 2 is 1.96 bits per heavy atom. The number of hydrogen-bond donors (Lipinski definition) is 3. The number of aromatic nitrogens is 4. The van der Waals surface area contributed by atoms with Gasteiger partial charge in [0.2, 0.25) is 0 Å². The Labute approximate surface area is 157 Å². The zero-order chi connectivity index (χ0) is 19.6. The molecule has 3 aromatic rings. The zero-order valence-corrected chi connectivity index (χ0v) is 15.5. The summed E-state index contributed by atoms with van der Waals surface area (Å²) in [5.74, 6) is -1.37. The number of aromatic amines is 1. The first-order valence-corrected chi connectivity index (χ1v) is 9.00. The van der Waals surface area contributed by atoms with Crippen molar-refractivity contribution in [2.75, 3.05) is 6.54 Å². The van der Waals surface area contributed by atoms with E-state index in [1.54, 1.807) is 0 Å². The Bertz CT molecular complexity index is 1070. The molecule has 0 atom stereocenters. The normalized spacial score (nSPS) is 10.9. The molecule has 0 aromatic carbocycles. The molecule has 3 heterocycles. The summed E-state index contributed by atoms with van der Waals surface area (Å²) in [7, 11) is 0. The van der Waals surface area contributed by atoms with Crippen molar-refractivity contribution < 1.29 is 14.7 Å². The highest BCUT2D eigenvalue weighted by Crippen LogP contribution is 2.23. The number of rotatable bonds is 6. The van der Waals surface area contributed by atoms with Crippen molar-refractivity contribution in [1.82, 2.24) is 24.9 Å². The monoisotopic (exact) mass is 387 g/mol. The number of hydrogen-bond acceptors (Lipinski definition) is 6. The quantitative estimate of drug-likeness (QED) is 0.541. The maximum atomic E-state index is 12.5. The number of carbonyl (C=O) groups excluding carboxylic acids is 1. The number of aliphatic carboxylic acids is 1. The zero-order valence-electron chi connectivity index (χ0n) is 14.6. The molecule has 0 bridgehead atoms. The molecule has 3 aromatic heterocycles. The van der Waals surface area contributed by atoms with E-state index in [1.165, 1.54) is 28.7 Å². The first kappa shape index (κ1) is 18.6. The largest absolute Gasteiger partial charge is 0.480 e. The first-order valence-electron chi connectivity index (χ1n) is 8.01. The van der Waals surface area contributed by atoms with Crippen LogP contribution in [-0.4, -0.2) is 43.1 Å². The predicted octanol–water partition coefficient (Wildman–Crippen LogP) is 1.14. The van der Waals surface area contributed by atoms with Crippen LogP contribution in [0.5, 0.6) is 0 Å². The van der Waals surface area contributed by atoms with Crippen LogP contribution in [0.4, 0.5) is 0 Å². The molecule has 0 aliphatic carbocycles. The van der Waals surface area contributed by atoms with Crippen LogP contribution in [0.1, 0.15) is 27.3 Å². The lowest BCUT2D eigenvalue weighted by atomic mass is 10.2. The maximum absolute atomic E-state index is 12.5. The van der Waals surface area contributed by atoms with Crippen LogP contribution in [0.15, 0.2) is 34.3 Å². The second-order valence-electron chi connectivity index (χ2n) is 5.89. The third kappa shape index (κ3) is 4.17. The summed E-state index contributed by atoms with van der Waals surface area (Å²) >= 11 is 1.42. The Kier molecular flexibility index (Phi) is 5.26. The van der Waals surface area contributed by atoms with Crippen LogP contribution < -0.4 is 10.7 Å². The van der Waals surface area contributed by atoms with Gasteiger partial charge in [-0.3, -0.25) is 24.5 Å². The minimum Gasteiger partial charge on any atom is -0.480 e. The minimum absolute atomic E-state index is 0.148. The molecule has 0 saturated carbocycles. The van der Waals surface area contributed by atoms with E-state index in [1.807, 2.05) is 26.0 Å². The molecule has 0 saturated heterocycles. The lowest BCUT2D eigenvalue weighted by Crippen LogP contribution is -2.33. The van der Waals surface area contributed by atoms with Gasteiger partial charge < -0.3 is 10.4 Å². The molecule has 0 aliphatic rings. The number of H-pyrrole nitrogens is 1. The van der Waals surface area contributed by atoms with Crippen LogP contribution in [0.25, 0.3) is 5.65 Å². The molecule has 10 heteroatoms. The van der Waals surface area contributed by atoms with Gasteiger partial charge in [-0.05, 0) is 31.5 Å². The number of aryl methyl sites for hydroxylation is 2. The highest BCUT2D eigenvalue weighted by Gasteiger charge is 2.19. The molecular weight excluding hydrogens is 370 g/mol. The fourth-order valence-electron chi connectivity index (χ4n) is 2.70. The Balaban J connectivity index is 1.91. The summed E-state index contributed by atoms with van der Waals surface area (Å²) in [6.07, 6.45) is 1.37. The van der Waals surface area contributed by atoms with Crippen molar-refractivity contribution in [3.8, 4) is 0 Å². The van der Waals surface area contributed by atoms with Gasteiger partial charge >= 0.3 is 5.97 Å². The van der Waals surface area contributed by atoms with E-state index in [4.69, 9.17) is 5.11 Å². The van der Waals surface area contributed by atoms with E-state index >= 15 is 0 Å². The lowest BCUT2D eigenvalue weighted by Gasteiger charge is -2.09. The molecule has 0 unspecified atom stereocenters. The summed E-state index contributed by atoms with van der Waals surface area (Å²) in [6, 6.07) is 5.29. The fraction of sp³-hybridized carbons (Fsp3) is 0.235. The smallest absolute Gasteiger partial charge is 0.322 e. The molecule has 140 valence electrons. The van der Waals surface area contributed by atoms with Crippen LogP contribution >= 0.6 is 11.8 Å². The molecule has 0 radical (unpaired) electrons. The topological polar surface area (TPSA) is 129 Å². The van der Waals surface area contributed by atoms with Crippen molar-refractivity contribution in [3.63, 3.8) is 0 Å². The Hall–Kier alpha value is -3.14. The van der Waals surface area contributed by atoms with E-state index in [2.05, 4.69) is 20.4 Å². The van der Waals surface area contributed by atoms with Gasteiger partial charge in [0.15, 0.2) is 11.1 Å². The molecule has 3 N–H and O–H groups in total. The van der Waals surface area contributed by atoms with Gasteiger partial charge in [-0.15, -0.1) is 11.8 Å². The van der Waals surface area contributed by atoms with Gasteiger partial charge in [-0.2, -0.15) is 0 Å². The minimum atomic E-state index is -1.20. The van der Waals surface area contributed by atoms with E-state index in [0.717, 1.165) is 17.0 Å². The number of fused-ring (bicyclic) bond motifs is 1. The number of nitrogens with one attached hydrogen (secondary N) is 2. The summed E-state index contributed by atoms with van der Waals surface area (Å²) in [4.78, 5) is 43.7. The van der Waals surface area contributed by atoms with Gasteiger partial charge in [0, 0.05) is 23.2 Å². The molecule has 9 nitrogen and oxygen atoms in total. The molecule has 3 rings (SSSR count). The average molecular weight is 387 g/mol. The van der Waals surface area contributed by atoms with E-state index in [9.17, 15) is 14.4 Å². The van der Waals surface area contributed by atoms with Crippen molar-refractivity contribution in [2.45, 2.75) is 24.6 Å². The van der Waals surface area contributed by atoms with Gasteiger partial charge in [0.05, 0.1) is 0 Å². The average Bonchev–Trinajstić information content (AvgIpc) is 3.06. The molecule has 27 heavy (non-hydrogen) atoms. The molecule has 0 spiro atoms. The van der Waals surface area contributed by atoms with Crippen molar-refractivity contribution in [3.05, 3.63) is 57.3 Å². The van der Waals surface area contributed by atoms with Crippen LogP contribution in [0.2, 0.25) is 0 Å². The van der Waals surface area contributed by atoms with Crippen molar-refractivity contribution >= 4 is 29.3 Å². The number of carboxylic acids is 1. The first-order chi connectivity index (χ1) is 12.8. The number of carbonyl (C=O) groups is 2. The summed E-state index contributed by atoms with van der Waals surface area (Å²) < 4.78 is 1.53. The number of amides is 1. The third-order valence-corrected chi connectivity index (χ3v) is 4.76. The van der Waals surface area contributed by atoms with Gasteiger partial charge in [0.25, 0.3) is 5.91 Å². The highest BCUT2D eigenvalue weighted by atomic mass is 32.2. The van der Waals surface area contributed by atoms with Crippen LogP contribution in [0, 0.1) is 13.8 Å². The second-order valence-corrected chi connectivity index (χ2v) is 6.89. The van der Waals surface area contributed by atoms with Gasteiger partial charge in [0.1, 0.15) is 23.5 Å². The molecule has 0 fully saturated rings. The SMILES string of the molecule is Cc1cc(CSc2cc(=O)c(C(=O)NCC(=O)O)c3nc[nH]n23)cc(C)n1. The van der Waals surface area contributed by atoms with E-state index in [-0.39, 0.29) is 11.2 Å². The van der Waals surface area contributed by atoms with E-state index < -0.39 is 23.9 Å². The third-order valence-electron chi connectivity index (χ3n) is 3.69. The van der Waals surface area contributed by atoms with Crippen LogP contribution in [-0.2, 0) is 10.5 Å². The van der Waals surface area contributed by atoms with Gasteiger partial charge in [-0.25, -0.2) is 9.50 Å². The Morgan fingerprint density at radius 3 is 2.63 bits per heavy atom. The highest BCUT2D eigenvalue weighted by molar-refractivity contribution is 7.98. The lowest BCUT2D eigenvalue weighted by molar-refractivity contribution is -0.135. The molecule has 0 aliphatic heterocycles. The summed E-state index contributed by atoms with van der Waals surface area (Å²) in [5.41, 5.74) is 2.33. The fourth-order valence-corrected chi connectivity index (χ4v) is 3.64. The van der Waals surface area contributed by atoms with Gasteiger partial charge in [-0.1, -0.05) is 0 Å². The second kappa shape index (κ2) is 7.62. The number of carboxylic acid groups (broad SMARTS) is 1. The number of pyridine rings is 2. The molecular formula is C17H17N5O4S. The van der Waals surface area contributed by atoms with Crippen LogP contribution in [0.3, 0.4) is 0 Å². The standard InChI is InChI=1S/C17H17N5O4S/c1-9-3-11(4-10(2)21-9)7-27-13-5-12(23)15(16-19-8-20-22(13)16)17(26)18-6-14(24)25/h3-5,8H,6-7H2,1-2H3,(H,18,26)(H,19,20)(H,24,25). The van der Waals surface area contributed by atoms with Crippen molar-refractivity contribution in [2.24, 2.45) is 0 Å². The van der Waals surface area contributed by atoms with Crippen molar-refractivity contribution in [1.29, 1.82) is 0 Å². The summed E-state index contributed by atoms with van der Waals surface area (Å²) in [6.45, 7) is 3.26. The number of thioether (sulfide) groups is 1. The Morgan fingerprint density at radius 1 is 1.26 bits per heavy atom. The summed E-state index contributed by atoms with van der Waals surface area (Å²) in [5, 5.41) is 14.3.